The Morgan fingerprint density at radius 2 is 1.87 bits per heavy atom. The maximum absolute atomic E-state index is 12.4. The van der Waals surface area contributed by atoms with Crippen LogP contribution in [0.25, 0.3) is 0 Å². The summed E-state index contributed by atoms with van der Waals surface area (Å²) in [6, 6.07) is 10.2. The van der Waals surface area contributed by atoms with Gasteiger partial charge in [0.1, 0.15) is 5.75 Å². The molecule has 1 atom stereocenters. The number of ether oxygens (including phenoxy) is 2. The molecule has 0 bridgehead atoms. The van der Waals surface area contributed by atoms with Crippen molar-refractivity contribution in [2.75, 3.05) is 25.0 Å². The second-order valence-electron chi connectivity index (χ2n) is 7.07. The van der Waals surface area contributed by atoms with E-state index in [-0.39, 0.29) is 17.6 Å². The van der Waals surface area contributed by atoms with E-state index in [2.05, 4.69) is 5.32 Å². The number of hydrogen-bond donors (Lipinski definition) is 1. The summed E-state index contributed by atoms with van der Waals surface area (Å²) in [5, 5.41) is 2.72. The van der Waals surface area contributed by atoms with Gasteiger partial charge in [-0.3, -0.25) is 14.4 Å². The molecule has 1 saturated heterocycles. The number of esters is 1. The number of rotatable bonds is 7. The fourth-order valence-electron chi connectivity index (χ4n) is 3.24. The van der Waals surface area contributed by atoms with E-state index in [0.29, 0.717) is 44.0 Å². The zero-order valence-electron chi connectivity index (χ0n) is 17.1. The van der Waals surface area contributed by atoms with Gasteiger partial charge in [-0.1, -0.05) is 0 Å². The quantitative estimate of drug-likeness (QED) is 0.699. The van der Waals surface area contributed by atoms with Crippen molar-refractivity contribution < 1.29 is 28.3 Å². The molecule has 1 N–H and O–H groups in total. The molecule has 0 saturated carbocycles. The Morgan fingerprint density at radius 3 is 2.47 bits per heavy atom. The standard InChI is InChI=1S/C22H26N2O6/c1-3-28-18-8-6-17(7-9-18)23-20(25)15(2)30-22(27)16-10-12-24(13-11-16)21(26)19-5-4-14-29-19/h4-9,14-16H,3,10-13H2,1-2H3,(H,23,25). The predicted molar refractivity (Wildman–Crippen MR) is 109 cm³/mol. The predicted octanol–water partition coefficient (Wildman–Crippen LogP) is 3.10. The van der Waals surface area contributed by atoms with Crippen LogP contribution in [0.15, 0.2) is 47.1 Å². The Balaban J connectivity index is 1.45. The maximum Gasteiger partial charge on any atom is 0.309 e. The van der Waals surface area contributed by atoms with E-state index in [9.17, 15) is 14.4 Å². The molecule has 2 amide bonds. The lowest BCUT2D eigenvalue weighted by Gasteiger charge is -2.30. The number of piperidine rings is 1. The third kappa shape index (κ3) is 5.40. The topological polar surface area (TPSA) is 98.1 Å². The molecular weight excluding hydrogens is 388 g/mol. The summed E-state index contributed by atoms with van der Waals surface area (Å²) in [6.45, 7) is 4.87. The fourth-order valence-corrected chi connectivity index (χ4v) is 3.24. The Labute approximate surface area is 175 Å². The summed E-state index contributed by atoms with van der Waals surface area (Å²) < 4.78 is 15.9. The smallest absolute Gasteiger partial charge is 0.309 e. The summed E-state index contributed by atoms with van der Waals surface area (Å²) in [4.78, 5) is 38.7. The van der Waals surface area contributed by atoms with Crippen LogP contribution in [0.2, 0.25) is 0 Å². The molecule has 30 heavy (non-hydrogen) atoms. The van der Waals surface area contributed by atoms with Gasteiger partial charge >= 0.3 is 5.97 Å². The second-order valence-corrected chi connectivity index (χ2v) is 7.07. The van der Waals surface area contributed by atoms with Gasteiger partial charge in [0, 0.05) is 18.8 Å². The molecule has 160 valence electrons. The number of carbonyl (C=O) groups excluding carboxylic acids is 3. The van der Waals surface area contributed by atoms with Crippen LogP contribution in [-0.2, 0) is 14.3 Å². The molecular formula is C22H26N2O6. The first-order valence-electron chi connectivity index (χ1n) is 10.0. The molecule has 1 aliphatic heterocycles. The average Bonchev–Trinajstić information content (AvgIpc) is 3.29. The van der Waals surface area contributed by atoms with Crippen molar-refractivity contribution in [2.45, 2.75) is 32.8 Å². The van der Waals surface area contributed by atoms with Gasteiger partial charge in [-0.15, -0.1) is 0 Å². The molecule has 0 aliphatic carbocycles. The van der Waals surface area contributed by atoms with E-state index in [1.807, 2.05) is 6.92 Å². The van der Waals surface area contributed by atoms with Gasteiger partial charge < -0.3 is 24.1 Å². The van der Waals surface area contributed by atoms with Crippen molar-refractivity contribution in [3.63, 3.8) is 0 Å². The van der Waals surface area contributed by atoms with Gasteiger partial charge in [0.2, 0.25) is 0 Å². The van der Waals surface area contributed by atoms with Crippen molar-refractivity contribution in [3.05, 3.63) is 48.4 Å². The highest BCUT2D eigenvalue weighted by molar-refractivity contribution is 5.95. The number of benzene rings is 1. The summed E-state index contributed by atoms with van der Waals surface area (Å²) in [5.41, 5.74) is 0.594. The number of furan rings is 1. The molecule has 8 nitrogen and oxygen atoms in total. The summed E-state index contributed by atoms with van der Waals surface area (Å²) in [7, 11) is 0. The lowest BCUT2D eigenvalue weighted by atomic mass is 9.97. The molecule has 3 rings (SSSR count). The molecule has 2 heterocycles. The van der Waals surface area contributed by atoms with E-state index < -0.39 is 18.0 Å². The molecule has 0 radical (unpaired) electrons. The molecule has 8 heteroatoms. The van der Waals surface area contributed by atoms with Gasteiger partial charge in [-0.2, -0.15) is 0 Å². The first-order chi connectivity index (χ1) is 14.5. The highest BCUT2D eigenvalue weighted by Gasteiger charge is 2.31. The Hall–Kier alpha value is -3.29. The van der Waals surface area contributed by atoms with Crippen LogP contribution in [0.5, 0.6) is 5.75 Å². The largest absolute Gasteiger partial charge is 0.494 e. The highest BCUT2D eigenvalue weighted by atomic mass is 16.5. The minimum absolute atomic E-state index is 0.185. The third-order valence-electron chi connectivity index (χ3n) is 4.94. The van der Waals surface area contributed by atoms with Crippen molar-refractivity contribution in [2.24, 2.45) is 5.92 Å². The van der Waals surface area contributed by atoms with Crippen LogP contribution >= 0.6 is 0 Å². The van der Waals surface area contributed by atoms with Crippen LogP contribution in [0, 0.1) is 5.92 Å². The zero-order chi connectivity index (χ0) is 21.5. The lowest BCUT2D eigenvalue weighted by Crippen LogP contribution is -2.41. The third-order valence-corrected chi connectivity index (χ3v) is 4.94. The van der Waals surface area contributed by atoms with Crippen molar-refractivity contribution >= 4 is 23.5 Å². The van der Waals surface area contributed by atoms with Crippen LogP contribution in [0.3, 0.4) is 0 Å². The Kier molecular flexibility index (Phi) is 7.11. The van der Waals surface area contributed by atoms with Gasteiger partial charge in [-0.25, -0.2) is 0 Å². The van der Waals surface area contributed by atoms with E-state index in [1.165, 1.54) is 13.2 Å². The number of carbonyl (C=O) groups is 3. The van der Waals surface area contributed by atoms with Gasteiger partial charge in [0.15, 0.2) is 11.9 Å². The summed E-state index contributed by atoms with van der Waals surface area (Å²) in [6.07, 6.45) is 1.50. The van der Waals surface area contributed by atoms with E-state index in [1.54, 1.807) is 41.3 Å². The minimum atomic E-state index is -0.924. The molecule has 0 spiro atoms. The molecule has 1 aliphatic rings. The average molecular weight is 414 g/mol. The number of hydrogen-bond acceptors (Lipinski definition) is 6. The van der Waals surface area contributed by atoms with Crippen LogP contribution in [0.4, 0.5) is 5.69 Å². The Morgan fingerprint density at radius 1 is 1.17 bits per heavy atom. The Bertz CT molecular complexity index is 854. The summed E-state index contributed by atoms with van der Waals surface area (Å²) >= 11 is 0. The van der Waals surface area contributed by atoms with Crippen LogP contribution in [0.1, 0.15) is 37.2 Å². The van der Waals surface area contributed by atoms with E-state index in [0.717, 1.165) is 0 Å². The van der Waals surface area contributed by atoms with Crippen molar-refractivity contribution in [3.8, 4) is 5.75 Å². The van der Waals surface area contributed by atoms with Crippen LogP contribution in [-0.4, -0.2) is 48.5 Å². The van der Waals surface area contributed by atoms with Gasteiger partial charge in [0.25, 0.3) is 11.8 Å². The lowest BCUT2D eigenvalue weighted by molar-refractivity contribution is -0.158. The first-order valence-corrected chi connectivity index (χ1v) is 10.0. The molecule has 2 aromatic rings. The van der Waals surface area contributed by atoms with E-state index >= 15 is 0 Å². The number of nitrogens with one attached hydrogen (secondary N) is 1. The minimum Gasteiger partial charge on any atom is -0.494 e. The molecule has 1 fully saturated rings. The number of anilines is 1. The van der Waals surface area contributed by atoms with Crippen LogP contribution < -0.4 is 10.1 Å². The first kappa shape index (κ1) is 21.4. The monoisotopic (exact) mass is 414 g/mol. The van der Waals surface area contributed by atoms with E-state index in [4.69, 9.17) is 13.9 Å². The SMILES string of the molecule is CCOc1ccc(NC(=O)C(C)OC(=O)C2CCN(C(=O)c3ccco3)CC2)cc1. The zero-order valence-corrected chi connectivity index (χ0v) is 17.1. The summed E-state index contributed by atoms with van der Waals surface area (Å²) in [5.74, 6) is -0.351. The highest BCUT2D eigenvalue weighted by Crippen LogP contribution is 2.21. The van der Waals surface area contributed by atoms with Crippen molar-refractivity contribution in [1.82, 2.24) is 4.90 Å². The number of amides is 2. The number of likely N-dealkylation sites (tertiary alicyclic amines) is 1. The van der Waals surface area contributed by atoms with Gasteiger partial charge in [-0.05, 0) is 63.1 Å². The van der Waals surface area contributed by atoms with Crippen molar-refractivity contribution in [1.29, 1.82) is 0 Å². The molecule has 1 aromatic carbocycles. The molecule has 1 aromatic heterocycles. The fraction of sp³-hybridized carbons (Fsp3) is 0.409. The second kappa shape index (κ2) is 9.96. The number of nitrogens with zero attached hydrogens (tertiary/aromatic N) is 1. The van der Waals surface area contributed by atoms with Gasteiger partial charge in [0.05, 0.1) is 18.8 Å². The maximum atomic E-state index is 12.4. The molecule has 1 unspecified atom stereocenters. The normalized spacial score (nSPS) is 15.3.